The highest BCUT2D eigenvalue weighted by Gasteiger charge is 2.24. The lowest BCUT2D eigenvalue weighted by molar-refractivity contribution is -0.138. The molecule has 1 saturated carbocycles. The molecule has 1 aliphatic carbocycles. The van der Waals surface area contributed by atoms with Gasteiger partial charge in [0.1, 0.15) is 11.9 Å². The number of carboxylic acids is 1. The number of aromatic nitrogens is 2. The van der Waals surface area contributed by atoms with Crippen LogP contribution in [0.15, 0.2) is 52.9 Å². The first-order chi connectivity index (χ1) is 17.9. The third-order valence-electron chi connectivity index (χ3n) is 6.39. The van der Waals surface area contributed by atoms with Crippen LogP contribution in [0, 0.1) is 5.92 Å². The second-order valence-electron chi connectivity index (χ2n) is 9.34. The molecule has 4 rings (SSSR count). The molecule has 0 spiro atoms. The van der Waals surface area contributed by atoms with Crippen molar-refractivity contribution < 1.29 is 28.6 Å². The number of hydrogen-bond donors (Lipinski definition) is 3. The van der Waals surface area contributed by atoms with Gasteiger partial charge in [-0.2, -0.15) is 0 Å². The van der Waals surface area contributed by atoms with E-state index in [0.717, 1.165) is 25.7 Å². The molecule has 3 aromatic rings. The van der Waals surface area contributed by atoms with Gasteiger partial charge in [0.25, 0.3) is 0 Å². The summed E-state index contributed by atoms with van der Waals surface area (Å²) >= 11 is 0. The van der Waals surface area contributed by atoms with E-state index in [1.165, 1.54) is 5.56 Å². The largest absolute Gasteiger partial charge is 0.488 e. The lowest BCUT2D eigenvalue weighted by Gasteiger charge is -2.28. The molecular weight excluding hydrogens is 476 g/mol. The van der Waals surface area contributed by atoms with Crippen LogP contribution in [-0.2, 0) is 9.53 Å². The molecular formula is C27H32N4O6. The molecule has 1 amide bonds. The molecule has 1 aromatic heterocycles. The molecule has 1 aliphatic rings. The summed E-state index contributed by atoms with van der Waals surface area (Å²) in [5.74, 6) is -0.0597. The summed E-state index contributed by atoms with van der Waals surface area (Å²) in [6.45, 7) is 2.38. The maximum Gasteiger partial charge on any atom is 0.320 e. The zero-order valence-electron chi connectivity index (χ0n) is 21.0. The molecule has 3 N–H and O–H groups in total. The van der Waals surface area contributed by atoms with E-state index in [9.17, 15) is 9.59 Å². The quantitative estimate of drug-likeness (QED) is 0.318. The molecule has 2 aromatic carbocycles. The topological polar surface area (TPSA) is 136 Å². The van der Waals surface area contributed by atoms with Crippen LogP contribution in [0.3, 0.4) is 0 Å². The fourth-order valence-corrected chi connectivity index (χ4v) is 4.61. The van der Waals surface area contributed by atoms with E-state index in [1.807, 2.05) is 49.4 Å². The van der Waals surface area contributed by atoms with Crippen LogP contribution in [0.1, 0.15) is 61.2 Å². The Labute approximate surface area is 215 Å². The van der Waals surface area contributed by atoms with Crippen molar-refractivity contribution in [3.05, 3.63) is 60.0 Å². The van der Waals surface area contributed by atoms with E-state index in [2.05, 4.69) is 20.8 Å². The lowest BCUT2D eigenvalue weighted by Crippen LogP contribution is -2.17. The minimum absolute atomic E-state index is 0.0843. The van der Waals surface area contributed by atoms with Gasteiger partial charge in [0.2, 0.25) is 0 Å². The van der Waals surface area contributed by atoms with Crippen molar-refractivity contribution in [1.29, 1.82) is 0 Å². The Bertz CT molecular complexity index is 1190. The van der Waals surface area contributed by atoms with E-state index < -0.39 is 11.9 Å². The van der Waals surface area contributed by atoms with Crippen molar-refractivity contribution in [3.8, 4) is 5.75 Å². The Morgan fingerprint density at radius 3 is 2.54 bits per heavy atom. The molecule has 10 heteroatoms. The Kier molecular flexibility index (Phi) is 8.73. The van der Waals surface area contributed by atoms with E-state index in [1.54, 1.807) is 13.2 Å². The summed E-state index contributed by atoms with van der Waals surface area (Å²) < 4.78 is 16.4. The average Bonchev–Trinajstić information content (AvgIpc) is 3.34. The van der Waals surface area contributed by atoms with Gasteiger partial charge in [-0.3, -0.25) is 9.59 Å². The predicted octanol–water partition coefficient (Wildman–Crippen LogP) is 5.23. The highest BCUT2D eigenvalue weighted by atomic mass is 16.5. The van der Waals surface area contributed by atoms with Gasteiger partial charge in [-0.25, -0.2) is 0 Å². The molecule has 0 saturated heterocycles. The van der Waals surface area contributed by atoms with Crippen LogP contribution < -0.4 is 15.4 Å². The minimum Gasteiger partial charge on any atom is -0.488 e. The third-order valence-corrected chi connectivity index (χ3v) is 6.39. The molecule has 37 heavy (non-hydrogen) atoms. The van der Waals surface area contributed by atoms with Gasteiger partial charge in [-0.05, 0) is 74.3 Å². The third kappa shape index (κ3) is 7.53. The van der Waals surface area contributed by atoms with Gasteiger partial charge in [-0.1, -0.05) is 23.3 Å². The minimum atomic E-state index is -0.722. The molecule has 0 radical (unpaired) electrons. The number of nitrogens with zero attached hydrogens (tertiary/aromatic N) is 2. The van der Waals surface area contributed by atoms with E-state index in [0.29, 0.717) is 29.6 Å². The van der Waals surface area contributed by atoms with Crippen molar-refractivity contribution in [2.75, 3.05) is 24.4 Å². The number of carbonyl (C=O) groups excluding carboxylic acids is 1. The smallest absolute Gasteiger partial charge is 0.320 e. The molecule has 1 fully saturated rings. The van der Waals surface area contributed by atoms with Crippen molar-refractivity contribution in [2.45, 2.75) is 51.0 Å². The average molecular weight is 509 g/mol. The Morgan fingerprint density at radius 1 is 1.08 bits per heavy atom. The summed E-state index contributed by atoms with van der Waals surface area (Å²) in [5.41, 5.74) is 2.49. The normalized spacial score (nSPS) is 18.1. The van der Waals surface area contributed by atoms with E-state index >= 15 is 0 Å². The van der Waals surface area contributed by atoms with Gasteiger partial charge in [0.15, 0.2) is 0 Å². The fourth-order valence-electron chi connectivity index (χ4n) is 4.61. The number of rotatable bonds is 11. The first-order valence-electron chi connectivity index (χ1n) is 12.4. The Balaban J connectivity index is 1.29. The first-order valence-corrected chi connectivity index (χ1v) is 12.4. The summed E-state index contributed by atoms with van der Waals surface area (Å²) in [5, 5.41) is 22.5. The molecule has 0 bridgehead atoms. The molecule has 0 unspecified atom stereocenters. The van der Waals surface area contributed by atoms with Crippen molar-refractivity contribution in [3.63, 3.8) is 0 Å². The van der Waals surface area contributed by atoms with Crippen molar-refractivity contribution >= 4 is 29.3 Å². The second-order valence-corrected chi connectivity index (χ2v) is 9.34. The number of aliphatic carboxylic acids is 1. The number of hydrogen-bond acceptors (Lipinski definition) is 8. The zero-order valence-corrected chi connectivity index (χ0v) is 21.0. The maximum atomic E-state index is 12.6. The van der Waals surface area contributed by atoms with Crippen LogP contribution in [-0.4, -0.2) is 47.0 Å². The SMILES string of the molecule is COC[C@@H](C)Oc1cccc(Nc2nnc(C(=O)Nc3ccc(C4CCC(CC(=O)O)CC4)cc3)o2)c1. The van der Waals surface area contributed by atoms with Crippen LogP contribution in [0.5, 0.6) is 5.75 Å². The summed E-state index contributed by atoms with van der Waals surface area (Å²) in [6, 6.07) is 15.0. The van der Waals surface area contributed by atoms with Gasteiger partial charge in [0.05, 0.1) is 6.61 Å². The number of carbonyl (C=O) groups is 2. The monoisotopic (exact) mass is 508 g/mol. The van der Waals surface area contributed by atoms with Gasteiger partial charge < -0.3 is 29.6 Å². The molecule has 0 aliphatic heterocycles. The maximum absolute atomic E-state index is 12.6. The molecule has 1 atom stereocenters. The zero-order chi connectivity index (χ0) is 26.2. The Hall–Kier alpha value is -3.92. The predicted molar refractivity (Wildman–Crippen MR) is 137 cm³/mol. The van der Waals surface area contributed by atoms with Crippen LogP contribution >= 0.6 is 0 Å². The fraction of sp³-hybridized carbons (Fsp3) is 0.407. The summed E-state index contributed by atoms with van der Waals surface area (Å²) in [4.78, 5) is 23.5. The number of ether oxygens (including phenoxy) is 2. The molecule has 10 nitrogen and oxygen atoms in total. The number of carboxylic acid groups (broad SMARTS) is 1. The highest BCUT2D eigenvalue weighted by Crippen LogP contribution is 2.37. The molecule has 196 valence electrons. The number of benzene rings is 2. The van der Waals surface area contributed by atoms with Crippen LogP contribution in [0.25, 0.3) is 0 Å². The number of amides is 1. The second kappa shape index (κ2) is 12.4. The highest BCUT2D eigenvalue weighted by molar-refractivity contribution is 6.00. The molecule has 1 heterocycles. The van der Waals surface area contributed by atoms with Crippen molar-refractivity contribution in [1.82, 2.24) is 10.2 Å². The Morgan fingerprint density at radius 2 is 1.84 bits per heavy atom. The summed E-state index contributed by atoms with van der Waals surface area (Å²) in [6.07, 6.45) is 3.94. The van der Waals surface area contributed by atoms with Crippen molar-refractivity contribution in [2.24, 2.45) is 5.92 Å². The van der Waals surface area contributed by atoms with Gasteiger partial charge in [-0.15, -0.1) is 5.10 Å². The lowest BCUT2D eigenvalue weighted by atomic mass is 9.77. The van der Waals surface area contributed by atoms with Crippen LogP contribution in [0.4, 0.5) is 17.4 Å². The number of methoxy groups -OCH3 is 1. The van der Waals surface area contributed by atoms with Gasteiger partial charge >= 0.3 is 23.8 Å². The number of anilines is 3. The van der Waals surface area contributed by atoms with E-state index in [4.69, 9.17) is 19.0 Å². The van der Waals surface area contributed by atoms with Gasteiger partial charge in [0, 0.05) is 31.0 Å². The standard InChI is InChI=1S/C27H32N4O6/c1-17(16-35-2)36-23-5-3-4-22(15-23)29-27-31-30-26(37-27)25(34)28-21-12-10-20(11-13-21)19-8-6-18(7-9-19)14-24(32)33/h3-5,10-13,15,17-19H,6-9,14,16H2,1-2H3,(H,28,34)(H,29,31)(H,32,33)/t17-,18?,19?/m1/s1. The summed E-state index contributed by atoms with van der Waals surface area (Å²) in [7, 11) is 1.62. The van der Waals surface area contributed by atoms with E-state index in [-0.39, 0.29) is 30.3 Å². The van der Waals surface area contributed by atoms with Crippen LogP contribution in [0.2, 0.25) is 0 Å². The first kappa shape index (κ1) is 26.2. The number of nitrogens with one attached hydrogen (secondary N) is 2.